The number of carbonyl (C=O) groups excluding carboxylic acids is 1. The van der Waals surface area contributed by atoms with Crippen molar-refractivity contribution in [1.82, 2.24) is 4.90 Å². The maximum absolute atomic E-state index is 12.9. The van der Waals surface area contributed by atoms with Crippen LogP contribution in [-0.4, -0.2) is 37.8 Å². The van der Waals surface area contributed by atoms with Gasteiger partial charge in [0.25, 0.3) is 0 Å². The molecular weight excluding hydrogens is 354 g/mol. The van der Waals surface area contributed by atoms with Gasteiger partial charge in [-0.2, -0.15) is 0 Å². The van der Waals surface area contributed by atoms with Crippen molar-refractivity contribution in [2.45, 2.75) is 34.4 Å². The first kappa shape index (κ1) is 18.0. The third-order valence-electron chi connectivity index (χ3n) is 4.64. The first-order valence-electron chi connectivity index (χ1n) is 8.08. The summed E-state index contributed by atoms with van der Waals surface area (Å²) in [6.45, 7) is 1.96. The Kier molecular flexibility index (Phi) is 4.93. The second-order valence-electron chi connectivity index (χ2n) is 6.38. The maximum Gasteiger partial charge on any atom is 0.236 e. The molecule has 2 aromatic rings. The van der Waals surface area contributed by atoms with Crippen LogP contribution >= 0.6 is 11.8 Å². The fourth-order valence-corrected chi connectivity index (χ4v) is 4.88. The van der Waals surface area contributed by atoms with Crippen LogP contribution in [-0.2, 0) is 21.1 Å². The van der Waals surface area contributed by atoms with Gasteiger partial charge in [0.1, 0.15) is 0 Å². The Morgan fingerprint density at radius 1 is 1.16 bits per heavy atom. The van der Waals surface area contributed by atoms with Gasteiger partial charge in [-0.1, -0.05) is 30.3 Å². The number of sulfone groups is 1. The molecule has 3 rings (SSSR count). The first-order valence-corrected chi connectivity index (χ1v) is 10.9. The highest BCUT2D eigenvalue weighted by Crippen LogP contribution is 2.38. The van der Waals surface area contributed by atoms with Crippen molar-refractivity contribution >= 4 is 27.5 Å². The molecule has 1 amide bonds. The third kappa shape index (κ3) is 3.75. The molecule has 1 aliphatic heterocycles. The van der Waals surface area contributed by atoms with Gasteiger partial charge in [-0.05, 0) is 42.7 Å². The van der Waals surface area contributed by atoms with Gasteiger partial charge < -0.3 is 4.90 Å². The first-order chi connectivity index (χ1) is 11.8. The zero-order chi connectivity index (χ0) is 18.2. The lowest BCUT2D eigenvalue weighted by molar-refractivity contribution is -0.131. The van der Waals surface area contributed by atoms with Crippen molar-refractivity contribution in [1.29, 1.82) is 0 Å². The fraction of sp³-hybridized carbons (Fsp3) is 0.316. The summed E-state index contributed by atoms with van der Waals surface area (Å²) in [4.78, 5) is 16.1. The van der Waals surface area contributed by atoms with Crippen LogP contribution in [0.4, 0.5) is 0 Å². The van der Waals surface area contributed by atoms with Crippen molar-refractivity contribution in [3.05, 3.63) is 59.7 Å². The van der Waals surface area contributed by atoms with Gasteiger partial charge in [-0.15, -0.1) is 11.8 Å². The summed E-state index contributed by atoms with van der Waals surface area (Å²) in [7, 11) is -1.40. The van der Waals surface area contributed by atoms with Crippen LogP contribution < -0.4 is 0 Å². The third-order valence-corrected chi connectivity index (χ3v) is 7.08. The normalized spacial score (nSPS) is 17.8. The topological polar surface area (TPSA) is 54.5 Å². The summed E-state index contributed by atoms with van der Waals surface area (Å²) in [5.74, 6) is 0.0980. The van der Waals surface area contributed by atoms with Gasteiger partial charge in [0.05, 0.1) is 16.2 Å². The van der Waals surface area contributed by atoms with Crippen LogP contribution in [0.2, 0.25) is 0 Å². The molecule has 0 saturated carbocycles. The predicted molar refractivity (Wildman–Crippen MR) is 101 cm³/mol. The van der Waals surface area contributed by atoms with Gasteiger partial charge in [0.15, 0.2) is 9.84 Å². The molecule has 0 spiro atoms. The zero-order valence-corrected chi connectivity index (χ0v) is 16.1. The van der Waals surface area contributed by atoms with Crippen molar-refractivity contribution in [3.63, 3.8) is 0 Å². The molecule has 25 heavy (non-hydrogen) atoms. The van der Waals surface area contributed by atoms with Crippen molar-refractivity contribution < 1.29 is 13.2 Å². The Balaban J connectivity index is 1.72. The van der Waals surface area contributed by atoms with E-state index in [9.17, 15) is 13.2 Å². The molecular formula is C19H21NO3S2. The lowest BCUT2D eigenvalue weighted by Crippen LogP contribution is -2.36. The number of carbonyl (C=O) groups is 1. The summed E-state index contributed by atoms with van der Waals surface area (Å²) < 4.78 is 23.1. The van der Waals surface area contributed by atoms with Gasteiger partial charge in [-0.3, -0.25) is 4.79 Å². The minimum atomic E-state index is -3.21. The molecule has 2 atom stereocenters. The summed E-state index contributed by atoms with van der Waals surface area (Å²) in [5, 5.41) is -0.0971. The number of nitrogens with zero attached hydrogens (tertiary/aromatic N) is 1. The van der Waals surface area contributed by atoms with Crippen molar-refractivity contribution in [2.75, 3.05) is 13.3 Å². The monoisotopic (exact) mass is 375 g/mol. The highest BCUT2D eigenvalue weighted by atomic mass is 32.2. The number of thioether (sulfide) groups is 1. The number of hydrogen-bond donors (Lipinski definition) is 0. The highest BCUT2D eigenvalue weighted by Gasteiger charge is 2.31. The Morgan fingerprint density at radius 2 is 1.80 bits per heavy atom. The molecule has 0 radical (unpaired) electrons. The molecule has 6 heteroatoms. The Morgan fingerprint density at radius 3 is 2.40 bits per heavy atom. The Labute approximate surface area is 153 Å². The van der Waals surface area contributed by atoms with E-state index in [1.54, 1.807) is 48.0 Å². The minimum absolute atomic E-state index is 0.0971. The van der Waals surface area contributed by atoms with Crippen LogP contribution in [0.25, 0.3) is 0 Å². The average molecular weight is 376 g/mol. The van der Waals surface area contributed by atoms with E-state index in [1.807, 2.05) is 19.1 Å². The summed E-state index contributed by atoms with van der Waals surface area (Å²) in [6.07, 6.45) is 1.94. The van der Waals surface area contributed by atoms with E-state index in [0.717, 1.165) is 12.0 Å². The van der Waals surface area contributed by atoms with Crippen molar-refractivity contribution in [3.8, 4) is 0 Å². The van der Waals surface area contributed by atoms with Crippen molar-refractivity contribution in [2.24, 2.45) is 0 Å². The number of amides is 1. The SMILES string of the molecule is CC(c1ccc(S(C)(=O)=O)cc1)N(C)C(=O)C1Cc2ccccc2S1. The number of fused-ring (bicyclic) bond motifs is 1. The molecule has 0 saturated heterocycles. The zero-order valence-electron chi connectivity index (χ0n) is 14.5. The molecule has 1 aliphatic rings. The van der Waals surface area contributed by atoms with Crippen LogP contribution in [0.15, 0.2) is 58.3 Å². The van der Waals surface area contributed by atoms with Crippen LogP contribution in [0.1, 0.15) is 24.1 Å². The lowest BCUT2D eigenvalue weighted by atomic mass is 10.1. The second-order valence-corrected chi connectivity index (χ2v) is 9.64. The summed E-state index contributed by atoms with van der Waals surface area (Å²) >= 11 is 1.62. The number of benzene rings is 2. The quantitative estimate of drug-likeness (QED) is 0.823. The van der Waals surface area contributed by atoms with E-state index in [0.29, 0.717) is 4.90 Å². The van der Waals surface area contributed by atoms with Crippen LogP contribution in [0.3, 0.4) is 0 Å². The summed E-state index contributed by atoms with van der Waals surface area (Å²) in [5.41, 5.74) is 2.15. The average Bonchev–Trinajstić information content (AvgIpc) is 3.03. The van der Waals surface area contributed by atoms with Gasteiger partial charge in [0.2, 0.25) is 5.91 Å². The van der Waals surface area contributed by atoms with E-state index in [4.69, 9.17) is 0 Å². The van der Waals surface area contributed by atoms with Gasteiger partial charge in [-0.25, -0.2) is 8.42 Å². The molecule has 2 aromatic carbocycles. The number of hydrogen-bond acceptors (Lipinski definition) is 4. The lowest BCUT2D eigenvalue weighted by Gasteiger charge is -2.27. The minimum Gasteiger partial charge on any atom is -0.338 e. The molecule has 2 unspecified atom stereocenters. The maximum atomic E-state index is 12.9. The molecule has 0 aromatic heterocycles. The van der Waals surface area contributed by atoms with E-state index >= 15 is 0 Å². The van der Waals surface area contributed by atoms with Crippen LogP contribution in [0, 0.1) is 0 Å². The van der Waals surface area contributed by atoms with Crippen LogP contribution in [0.5, 0.6) is 0 Å². The standard InChI is InChI=1S/C19H21NO3S2/c1-13(14-8-10-16(11-9-14)25(3,22)23)20(2)19(21)18-12-15-6-4-5-7-17(15)24-18/h4-11,13,18H,12H2,1-3H3. The smallest absolute Gasteiger partial charge is 0.236 e. The van der Waals surface area contributed by atoms with Gasteiger partial charge >= 0.3 is 0 Å². The van der Waals surface area contributed by atoms with E-state index in [1.165, 1.54) is 16.7 Å². The Bertz CT molecular complexity index is 866. The summed E-state index contributed by atoms with van der Waals surface area (Å²) in [6, 6.07) is 14.8. The molecule has 0 fully saturated rings. The van der Waals surface area contributed by atoms with Gasteiger partial charge in [0, 0.05) is 18.2 Å². The van der Waals surface area contributed by atoms with E-state index < -0.39 is 9.84 Å². The number of rotatable bonds is 4. The predicted octanol–water partition coefficient (Wildman–Crippen LogP) is 3.33. The molecule has 0 N–H and O–H groups in total. The fourth-order valence-electron chi connectivity index (χ4n) is 2.95. The molecule has 0 bridgehead atoms. The highest BCUT2D eigenvalue weighted by molar-refractivity contribution is 8.01. The largest absolute Gasteiger partial charge is 0.338 e. The van der Waals surface area contributed by atoms with E-state index in [-0.39, 0.29) is 17.2 Å². The molecule has 0 aliphatic carbocycles. The second kappa shape index (κ2) is 6.84. The Hall–Kier alpha value is -1.79. The molecule has 4 nitrogen and oxygen atoms in total. The molecule has 132 valence electrons. The molecule has 1 heterocycles. The van der Waals surface area contributed by atoms with E-state index in [2.05, 4.69) is 12.1 Å².